The van der Waals surface area contributed by atoms with Gasteiger partial charge in [-0.1, -0.05) is 24.3 Å². The molecule has 2 N–H and O–H groups in total. The first-order valence-corrected chi connectivity index (χ1v) is 9.30. The molecule has 0 saturated carbocycles. The SMILES string of the molecule is COc1c(C)cc(C(CC(=O)O)(CC(=O)O)c2cc(C)c(OC)c(C)c2)cc1C. The molecule has 0 aliphatic rings. The van der Waals surface area contributed by atoms with Crippen LogP contribution in [-0.4, -0.2) is 36.4 Å². The van der Waals surface area contributed by atoms with Crippen molar-refractivity contribution in [2.24, 2.45) is 0 Å². The van der Waals surface area contributed by atoms with Gasteiger partial charge >= 0.3 is 11.9 Å². The third-order valence-electron chi connectivity index (χ3n) is 5.34. The Hall–Kier alpha value is -3.02. The molecular formula is C23H28O6. The number of carboxylic acid groups (broad SMARTS) is 2. The molecule has 0 fully saturated rings. The second-order valence-corrected chi connectivity index (χ2v) is 7.51. The summed E-state index contributed by atoms with van der Waals surface area (Å²) < 4.78 is 10.9. The predicted molar refractivity (Wildman–Crippen MR) is 110 cm³/mol. The van der Waals surface area contributed by atoms with Gasteiger partial charge in [0, 0.05) is 5.41 Å². The number of carbonyl (C=O) groups is 2. The molecule has 2 aromatic rings. The fourth-order valence-electron chi connectivity index (χ4n) is 4.25. The fraction of sp³-hybridized carbons (Fsp3) is 0.391. The first-order valence-electron chi connectivity index (χ1n) is 9.30. The van der Waals surface area contributed by atoms with Crippen molar-refractivity contribution in [3.05, 3.63) is 57.6 Å². The Bertz CT molecular complexity index is 821. The number of hydrogen-bond acceptors (Lipinski definition) is 4. The van der Waals surface area contributed by atoms with E-state index in [4.69, 9.17) is 9.47 Å². The molecule has 0 saturated heterocycles. The van der Waals surface area contributed by atoms with E-state index in [0.29, 0.717) is 22.6 Å². The van der Waals surface area contributed by atoms with Crippen LogP contribution < -0.4 is 9.47 Å². The van der Waals surface area contributed by atoms with Crippen LogP contribution in [0.1, 0.15) is 46.2 Å². The Balaban J connectivity index is 2.89. The maximum absolute atomic E-state index is 11.9. The molecule has 0 aromatic heterocycles. The van der Waals surface area contributed by atoms with E-state index in [1.807, 2.05) is 52.0 Å². The van der Waals surface area contributed by atoms with Gasteiger partial charge in [-0.2, -0.15) is 0 Å². The molecule has 0 bridgehead atoms. The number of aliphatic carboxylic acids is 2. The number of methoxy groups -OCH3 is 2. The second-order valence-electron chi connectivity index (χ2n) is 7.51. The van der Waals surface area contributed by atoms with Gasteiger partial charge in [0.15, 0.2) is 0 Å². The van der Waals surface area contributed by atoms with Crippen molar-refractivity contribution in [2.75, 3.05) is 14.2 Å². The smallest absolute Gasteiger partial charge is 0.304 e. The lowest BCUT2D eigenvalue weighted by Gasteiger charge is -2.34. The lowest BCUT2D eigenvalue weighted by Crippen LogP contribution is -2.34. The summed E-state index contributed by atoms with van der Waals surface area (Å²) in [5, 5.41) is 19.4. The highest BCUT2D eigenvalue weighted by Crippen LogP contribution is 2.43. The van der Waals surface area contributed by atoms with Gasteiger partial charge in [0.2, 0.25) is 0 Å². The molecule has 0 atom stereocenters. The molecule has 0 aliphatic carbocycles. The molecule has 2 rings (SSSR count). The van der Waals surface area contributed by atoms with E-state index >= 15 is 0 Å². The molecule has 2 aromatic carbocycles. The van der Waals surface area contributed by atoms with E-state index in [-0.39, 0.29) is 12.8 Å². The molecule has 0 heterocycles. The first kappa shape index (κ1) is 22.3. The van der Waals surface area contributed by atoms with Gasteiger partial charge in [-0.15, -0.1) is 0 Å². The summed E-state index contributed by atoms with van der Waals surface area (Å²) in [6.45, 7) is 7.47. The van der Waals surface area contributed by atoms with Crippen LogP contribution in [0.5, 0.6) is 11.5 Å². The second kappa shape index (κ2) is 8.55. The summed E-state index contributed by atoms with van der Waals surface area (Å²) in [4.78, 5) is 23.8. The standard InChI is InChI=1S/C23H28O6/c1-13-7-17(8-14(2)21(13)28-5)23(11-19(24)25,12-20(26)27)18-9-15(3)22(29-6)16(4)10-18/h7-10H,11-12H2,1-6H3,(H,24,25)(H,26,27). The first-order chi connectivity index (χ1) is 13.5. The minimum absolute atomic E-state index is 0.351. The van der Waals surface area contributed by atoms with Crippen LogP contribution in [-0.2, 0) is 15.0 Å². The van der Waals surface area contributed by atoms with Gasteiger partial charge in [-0.25, -0.2) is 0 Å². The van der Waals surface area contributed by atoms with Crippen molar-refractivity contribution in [1.82, 2.24) is 0 Å². The highest BCUT2D eigenvalue weighted by atomic mass is 16.5. The van der Waals surface area contributed by atoms with Gasteiger partial charge in [-0.05, 0) is 61.1 Å². The molecule has 6 heteroatoms. The van der Waals surface area contributed by atoms with E-state index in [9.17, 15) is 19.8 Å². The Kier molecular flexibility index (Phi) is 6.57. The van der Waals surface area contributed by atoms with E-state index < -0.39 is 17.4 Å². The van der Waals surface area contributed by atoms with Crippen molar-refractivity contribution in [3.63, 3.8) is 0 Å². The van der Waals surface area contributed by atoms with Gasteiger partial charge in [0.25, 0.3) is 0 Å². The van der Waals surface area contributed by atoms with Gasteiger partial charge < -0.3 is 19.7 Å². The zero-order valence-electron chi connectivity index (χ0n) is 17.8. The number of aryl methyl sites for hydroxylation is 4. The van der Waals surface area contributed by atoms with Crippen molar-refractivity contribution in [2.45, 2.75) is 46.0 Å². The quantitative estimate of drug-likeness (QED) is 0.691. The van der Waals surface area contributed by atoms with Crippen LogP contribution in [0.2, 0.25) is 0 Å². The van der Waals surface area contributed by atoms with Crippen LogP contribution in [0.25, 0.3) is 0 Å². The molecule has 0 radical (unpaired) electrons. The van der Waals surface area contributed by atoms with Gasteiger partial charge in [-0.3, -0.25) is 9.59 Å². The van der Waals surface area contributed by atoms with Crippen LogP contribution in [0.4, 0.5) is 0 Å². The average molecular weight is 400 g/mol. The average Bonchev–Trinajstić information content (AvgIpc) is 2.59. The van der Waals surface area contributed by atoms with Gasteiger partial charge in [0.1, 0.15) is 11.5 Å². The molecule has 0 aliphatic heterocycles. The number of rotatable bonds is 8. The topological polar surface area (TPSA) is 93.1 Å². The Morgan fingerprint density at radius 3 is 1.21 bits per heavy atom. The molecule has 0 unspecified atom stereocenters. The number of ether oxygens (including phenoxy) is 2. The monoisotopic (exact) mass is 400 g/mol. The third kappa shape index (κ3) is 4.36. The van der Waals surface area contributed by atoms with Crippen molar-refractivity contribution >= 4 is 11.9 Å². The number of hydrogen-bond donors (Lipinski definition) is 2. The van der Waals surface area contributed by atoms with Crippen LogP contribution in [0.15, 0.2) is 24.3 Å². The zero-order valence-corrected chi connectivity index (χ0v) is 17.8. The van der Waals surface area contributed by atoms with Crippen LogP contribution in [0, 0.1) is 27.7 Å². The summed E-state index contributed by atoms with van der Waals surface area (Å²) in [6.07, 6.45) is -0.703. The molecule has 0 spiro atoms. The van der Waals surface area contributed by atoms with E-state index in [0.717, 1.165) is 22.3 Å². The maximum atomic E-state index is 11.9. The van der Waals surface area contributed by atoms with E-state index in [2.05, 4.69) is 0 Å². The minimum Gasteiger partial charge on any atom is -0.496 e. The van der Waals surface area contributed by atoms with Crippen LogP contribution in [0.3, 0.4) is 0 Å². The molecule has 156 valence electrons. The van der Waals surface area contributed by atoms with Crippen LogP contribution >= 0.6 is 0 Å². The van der Waals surface area contributed by atoms with Gasteiger partial charge in [0.05, 0.1) is 27.1 Å². The highest BCUT2D eigenvalue weighted by molar-refractivity contribution is 5.77. The molecular weight excluding hydrogens is 372 g/mol. The van der Waals surface area contributed by atoms with Crippen molar-refractivity contribution in [1.29, 1.82) is 0 Å². The molecule has 0 amide bonds. The van der Waals surface area contributed by atoms with Crippen molar-refractivity contribution in [3.8, 4) is 11.5 Å². The summed E-state index contributed by atoms with van der Waals surface area (Å²) in [5.41, 5.74) is 3.34. The lowest BCUT2D eigenvalue weighted by atomic mass is 9.68. The number of benzene rings is 2. The predicted octanol–water partition coefficient (Wildman–Crippen LogP) is 4.17. The fourth-order valence-corrected chi connectivity index (χ4v) is 4.25. The third-order valence-corrected chi connectivity index (χ3v) is 5.34. The lowest BCUT2D eigenvalue weighted by molar-refractivity contribution is -0.140. The highest BCUT2D eigenvalue weighted by Gasteiger charge is 2.40. The summed E-state index contributed by atoms with van der Waals surface area (Å²) in [7, 11) is 3.15. The van der Waals surface area contributed by atoms with Crippen molar-refractivity contribution < 1.29 is 29.3 Å². The largest absolute Gasteiger partial charge is 0.496 e. The summed E-state index contributed by atoms with van der Waals surface area (Å²) >= 11 is 0. The molecule has 6 nitrogen and oxygen atoms in total. The van der Waals surface area contributed by atoms with E-state index in [1.54, 1.807) is 14.2 Å². The molecule has 29 heavy (non-hydrogen) atoms. The summed E-state index contributed by atoms with van der Waals surface area (Å²) in [6, 6.07) is 7.30. The maximum Gasteiger partial charge on any atom is 0.304 e. The van der Waals surface area contributed by atoms with E-state index in [1.165, 1.54) is 0 Å². The summed E-state index contributed by atoms with van der Waals surface area (Å²) in [5.74, 6) is -0.724. The zero-order chi connectivity index (χ0) is 21.9. The number of carboxylic acids is 2. The Morgan fingerprint density at radius 2 is 1.00 bits per heavy atom. The Labute approximate surface area is 171 Å². The normalized spacial score (nSPS) is 11.2. The Morgan fingerprint density at radius 1 is 0.724 bits per heavy atom. The minimum atomic E-state index is -1.23.